The van der Waals surface area contributed by atoms with Crippen LogP contribution in [-0.2, 0) is 6.42 Å². The van der Waals surface area contributed by atoms with Crippen molar-refractivity contribution in [1.29, 1.82) is 0 Å². The number of nitrogens with zero attached hydrogens (tertiary/aromatic N) is 4. The molecule has 0 radical (unpaired) electrons. The van der Waals surface area contributed by atoms with Crippen LogP contribution in [-0.4, -0.2) is 31.4 Å². The summed E-state index contributed by atoms with van der Waals surface area (Å²) in [5.41, 5.74) is -0.576. The molecule has 2 aromatic carbocycles. The Morgan fingerprint density at radius 3 is 1.34 bits per heavy atom. The van der Waals surface area contributed by atoms with E-state index in [1.165, 1.54) is 30.3 Å². The molecule has 0 fully saturated rings. The number of nitro benzene ring substituents is 4. The molecule has 0 aliphatic heterocycles. The maximum Gasteiger partial charge on any atom is 0.276 e. The lowest BCUT2D eigenvalue weighted by molar-refractivity contribution is -0.394. The lowest BCUT2D eigenvalue weighted by atomic mass is 10.1. The third kappa shape index (κ3) is 6.76. The molecule has 2 rings (SSSR count). The number of hydrogen-bond acceptors (Lipinski definition) is 9. The van der Waals surface area contributed by atoms with Crippen LogP contribution >= 0.6 is 0 Å². The molecule has 13 heteroatoms. The van der Waals surface area contributed by atoms with Crippen molar-refractivity contribution >= 4 is 28.8 Å². The first-order valence-corrected chi connectivity index (χ1v) is 7.69. The Hall–Kier alpha value is -4.26. The highest BCUT2D eigenvalue weighted by Crippen LogP contribution is 2.23. The Balaban J connectivity index is 0.000000291. The zero-order valence-electron chi connectivity index (χ0n) is 14.7. The molecule has 0 unspecified atom stereocenters. The van der Waals surface area contributed by atoms with Crippen molar-refractivity contribution in [1.82, 2.24) is 0 Å². The van der Waals surface area contributed by atoms with Crippen LogP contribution in [0, 0.1) is 40.5 Å². The molecule has 0 amide bonds. The highest BCUT2D eigenvalue weighted by molar-refractivity contribution is 5.57. The van der Waals surface area contributed by atoms with Gasteiger partial charge in [0.25, 0.3) is 22.7 Å². The highest BCUT2D eigenvalue weighted by atomic mass is 16.6. The van der Waals surface area contributed by atoms with Crippen molar-refractivity contribution in [3.8, 4) is 0 Å². The molecule has 152 valence electrons. The summed E-state index contributed by atoms with van der Waals surface area (Å²) in [5.74, 6) is 0. The summed E-state index contributed by atoms with van der Waals surface area (Å²) in [6.07, 6.45) is 1.47. The van der Waals surface area contributed by atoms with Gasteiger partial charge in [-0.15, -0.1) is 0 Å². The van der Waals surface area contributed by atoms with E-state index in [1.807, 2.05) is 0 Å². The Morgan fingerprint density at radius 1 is 0.724 bits per heavy atom. The summed E-state index contributed by atoms with van der Waals surface area (Å²) in [6.45, 7) is 3.18. The van der Waals surface area contributed by atoms with E-state index in [0.717, 1.165) is 12.1 Å². The van der Waals surface area contributed by atoms with Crippen molar-refractivity contribution < 1.29 is 24.8 Å². The van der Waals surface area contributed by atoms with Crippen LogP contribution in [0.15, 0.2) is 43.0 Å². The average molecular weight is 406 g/mol. The van der Waals surface area contributed by atoms with Crippen molar-refractivity contribution in [2.45, 2.75) is 6.42 Å². The molecule has 0 atom stereocenters. The van der Waals surface area contributed by atoms with Gasteiger partial charge in [-0.2, -0.15) is 0 Å². The standard InChI is InChI=1S/C8H8N2O5.C8H6N2O4/c11-2-1-6-3-7(9(12)13)5-8(4-6)10(14)15;1-2-6-3-7(9(11)12)5-8(4-6)10(13)14/h3-5,11H,1-2H2;2-5H,1H2. The smallest absolute Gasteiger partial charge is 0.276 e. The molecule has 0 bridgehead atoms. The molecule has 13 nitrogen and oxygen atoms in total. The van der Waals surface area contributed by atoms with Crippen LogP contribution in [0.4, 0.5) is 22.7 Å². The molecule has 0 aliphatic carbocycles. The lowest BCUT2D eigenvalue weighted by Gasteiger charge is -1.98. The summed E-state index contributed by atoms with van der Waals surface area (Å²) >= 11 is 0. The summed E-state index contributed by atoms with van der Waals surface area (Å²) < 4.78 is 0. The fraction of sp³-hybridized carbons (Fsp3) is 0.125. The largest absolute Gasteiger partial charge is 0.396 e. The summed E-state index contributed by atoms with van der Waals surface area (Å²) in [4.78, 5) is 38.9. The fourth-order valence-electron chi connectivity index (χ4n) is 2.09. The molecule has 2 aromatic rings. The van der Waals surface area contributed by atoms with Gasteiger partial charge in [0.2, 0.25) is 0 Å². The van der Waals surface area contributed by atoms with E-state index < -0.39 is 19.7 Å². The predicted molar refractivity (Wildman–Crippen MR) is 100 cm³/mol. The third-order valence-electron chi connectivity index (χ3n) is 3.37. The van der Waals surface area contributed by atoms with E-state index in [-0.39, 0.29) is 35.8 Å². The van der Waals surface area contributed by atoms with Gasteiger partial charge in [-0.3, -0.25) is 40.5 Å². The quantitative estimate of drug-likeness (QED) is 0.530. The van der Waals surface area contributed by atoms with Crippen LogP contribution in [0.25, 0.3) is 6.08 Å². The van der Waals surface area contributed by atoms with Gasteiger partial charge in [0.15, 0.2) is 0 Å². The van der Waals surface area contributed by atoms with E-state index in [9.17, 15) is 40.5 Å². The number of aliphatic hydroxyl groups is 1. The van der Waals surface area contributed by atoms with Crippen LogP contribution in [0.3, 0.4) is 0 Å². The monoisotopic (exact) mass is 406 g/mol. The molecular weight excluding hydrogens is 392 g/mol. The SMILES string of the molecule is C=Cc1cc([N+](=O)[O-])cc([N+](=O)[O-])c1.O=[N+]([O-])c1cc(CCO)cc([N+](=O)[O-])c1. The molecule has 0 aromatic heterocycles. The number of rotatable bonds is 7. The Kier molecular flexibility index (Phi) is 7.99. The molecule has 0 saturated heterocycles. The van der Waals surface area contributed by atoms with E-state index >= 15 is 0 Å². The number of non-ortho nitro benzene ring substituents is 4. The number of benzene rings is 2. The van der Waals surface area contributed by atoms with Crippen molar-refractivity contribution in [2.24, 2.45) is 0 Å². The number of hydrogen-bond donors (Lipinski definition) is 1. The van der Waals surface area contributed by atoms with E-state index in [0.29, 0.717) is 11.1 Å². The minimum Gasteiger partial charge on any atom is -0.396 e. The van der Waals surface area contributed by atoms with Gasteiger partial charge >= 0.3 is 0 Å². The predicted octanol–water partition coefficient (Wildman–Crippen LogP) is 3.18. The minimum atomic E-state index is -0.701. The zero-order chi connectivity index (χ0) is 22.1. The van der Waals surface area contributed by atoms with Crippen LogP contribution in [0.1, 0.15) is 11.1 Å². The summed E-state index contributed by atoms with van der Waals surface area (Å²) in [6, 6.07) is 6.67. The van der Waals surface area contributed by atoms with Gasteiger partial charge in [-0.1, -0.05) is 12.7 Å². The van der Waals surface area contributed by atoms with E-state index in [4.69, 9.17) is 5.11 Å². The van der Waals surface area contributed by atoms with E-state index in [2.05, 4.69) is 6.58 Å². The van der Waals surface area contributed by atoms with Gasteiger partial charge in [-0.25, -0.2) is 0 Å². The zero-order valence-corrected chi connectivity index (χ0v) is 14.7. The van der Waals surface area contributed by atoms with Gasteiger partial charge in [0, 0.05) is 30.9 Å². The van der Waals surface area contributed by atoms with Crippen molar-refractivity contribution in [2.75, 3.05) is 6.61 Å². The van der Waals surface area contributed by atoms with Crippen LogP contribution < -0.4 is 0 Å². The minimum absolute atomic E-state index is 0.155. The Morgan fingerprint density at radius 2 is 1.07 bits per heavy atom. The molecule has 0 saturated carbocycles. The summed E-state index contributed by atoms with van der Waals surface area (Å²) in [7, 11) is 0. The molecule has 29 heavy (non-hydrogen) atoms. The molecule has 1 N–H and O–H groups in total. The van der Waals surface area contributed by atoms with Gasteiger partial charge in [0.1, 0.15) is 0 Å². The van der Waals surface area contributed by atoms with Crippen molar-refractivity contribution in [3.05, 3.63) is 94.6 Å². The van der Waals surface area contributed by atoms with Gasteiger partial charge in [0.05, 0.1) is 31.8 Å². The lowest BCUT2D eigenvalue weighted by Crippen LogP contribution is -1.97. The average Bonchev–Trinajstić information content (AvgIpc) is 2.67. The first-order chi connectivity index (χ1) is 13.6. The molecule has 0 aliphatic rings. The maximum atomic E-state index is 10.5. The molecular formula is C16H14N4O9. The fourth-order valence-corrected chi connectivity index (χ4v) is 2.09. The summed E-state index contributed by atoms with van der Waals surface area (Å²) in [5, 5.41) is 50.3. The Bertz CT molecular complexity index is 910. The Labute approximate surface area is 162 Å². The molecule has 0 heterocycles. The molecule has 0 spiro atoms. The maximum absolute atomic E-state index is 10.5. The van der Waals surface area contributed by atoms with Crippen molar-refractivity contribution in [3.63, 3.8) is 0 Å². The van der Waals surface area contributed by atoms with Gasteiger partial charge in [-0.05, 0) is 17.5 Å². The second kappa shape index (κ2) is 10.2. The second-order valence-electron chi connectivity index (χ2n) is 5.35. The van der Waals surface area contributed by atoms with Crippen LogP contribution in [0.2, 0.25) is 0 Å². The first kappa shape index (κ1) is 22.8. The van der Waals surface area contributed by atoms with Crippen LogP contribution in [0.5, 0.6) is 0 Å². The highest BCUT2D eigenvalue weighted by Gasteiger charge is 2.16. The van der Waals surface area contributed by atoms with Gasteiger partial charge < -0.3 is 5.11 Å². The normalized spacial score (nSPS) is 9.69. The van der Waals surface area contributed by atoms with E-state index in [1.54, 1.807) is 0 Å². The second-order valence-corrected chi connectivity index (χ2v) is 5.35. The number of aliphatic hydroxyl groups excluding tert-OH is 1. The first-order valence-electron chi connectivity index (χ1n) is 7.69. The third-order valence-corrected chi connectivity index (χ3v) is 3.37. The number of nitro groups is 4. The topological polar surface area (TPSA) is 193 Å².